The van der Waals surface area contributed by atoms with Gasteiger partial charge < -0.3 is 10.1 Å². The number of pyridine rings is 1. The molecule has 128 valence electrons. The summed E-state index contributed by atoms with van der Waals surface area (Å²) in [5.74, 6) is 1.29. The molecular weight excluding hydrogens is 322 g/mol. The quantitative estimate of drug-likeness (QED) is 0.791. The molecule has 1 aliphatic rings. The van der Waals surface area contributed by atoms with Crippen molar-refractivity contribution in [1.82, 2.24) is 19.2 Å². The van der Waals surface area contributed by atoms with Gasteiger partial charge >= 0.3 is 0 Å². The van der Waals surface area contributed by atoms with E-state index in [2.05, 4.69) is 34.0 Å². The van der Waals surface area contributed by atoms with Crippen LogP contribution in [0.2, 0.25) is 0 Å². The first-order chi connectivity index (χ1) is 11.2. The van der Waals surface area contributed by atoms with Gasteiger partial charge in [-0.1, -0.05) is 0 Å². The molecule has 5 nitrogen and oxygen atoms in total. The number of nitrogens with zero attached hydrogens (tertiary/aromatic N) is 4. The molecule has 3 aromatic heterocycles. The molecule has 1 saturated carbocycles. The summed E-state index contributed by atoms with van der Waals surface area (Å²) in [4.78, 5) is 4.84. The predicted octanol–water partition coefficient (Wildman–Crippen LogP) is 3.39. The maximum atomic E-state index is 5.80. The lowest BCUT2D eigenvalue weighted by Crippen LogP contribution is -2.20. The van der Waals surface area contributed by atoms with Crippen LogP contribution in [0.25, 0.3) is 16.8 Å². The Morgan fingerprint density at radius 2 is 1.88 bits per heavy atom. The second-order valence-corrected chi connectivity index (χ2v) is 6.71. The van der Waals surface area contributed by atoms with E-state index in [0.717, 1.165) is 17.8 Å². The minimum Gasteiger partial charge on any atom is -0.330 e. The number of hydrogen-bond donors (Lipinski definition) is 1. The van der Waals surface area contributed by atoms with Gasteiger partial charge in [0.15, 0.2) is 0 Å². The largest absolute Gasteiger partial charge is 0.330 e. The molecule has 1 aliphatic carbocycles. The van der Waals surface area contributed by atoms with E-state index in [1.807, 2.05) is 24.1 Å². The zero-order valence-corrected chi connectivity index (χ0v) is 14.7. The molecule has 0 amide bonds. The molecule has 0 atom stereocenters. The predicted molar refractivity (Wildman–Crippen MR) is 98.4 cm³/mol. The van der Waals surface area contributed by atoms with Crippen LogP contribution in [0.5, 0.6) is 0 Å². The number of halogens is 1. The normalized spacial score (nSPS) is 20.9. The van der Waals surface area contributed by atoms with Gasteiger partial charge in [-0.25, -0.2) is 4.98 Å². The molecule has 0 saturated heterocycles. The Bertz CT molecular complexity index is 814. The molecule has 1 fully saturated rings. The number of nitrogens with two attached hydrogens (primary N) is 1. The molecule has 3 aromatic rings. The van der Waals surface area contributed by atoms with Crippen molar-refractivity contribution in [2.45, 2.75) is 31.6 Å². The molecule has 6 heteroatoms. The van der Waals surface area contributed by atoms with Crippen LogP contribution in [-0.2, 0) is 7.05 Å². The second kappa shape index (κ2) is 6.95. The summed E-state index contributed by atoms with van der Waals surface area (Å²) in [5, 5.41) is 4.25. The number of fused-ring (bicyclic) bond motifs is 1. The molecule has 0 bridgehead atoms. The van der Waals surface area contributed by atoms with Gasteiger partial charge in [-0.3, -0.25) is 4.68 Å². The van der Waals surface area contributed by atoms with Crippen LogP contribution in [0.4, 0.5) is 0 Å². The summed E-state index contributed by atoms with van der Waals surface area (Å²) in [7, 11) is 1.94. The third kappa shape index (κ3) is 3.19. The summed E-state index contributed by atoms with van der Waals surface area (Å²) in [6.45, 7) is 0.826. The highest BCUT2D eigenvalue weighted by Gasteiger charge is 2.23. The van der Waals surface area contributed by atoms with Crippen molar-refractivity contribution in [2.75, 3.05) is 6.54 Å². The average Bonchev–Trinajstić information content (AvgIpc) is 3.20. The van der Waals surface area contributed by atoms with E-state index in [-0.39, 0.29) is 12.4 Å². The Morgan fingerprint density at radius 3 is 2.54 bits per heavy atom. The monoisotopic (exact) mass is 345 g/mol. The number of aryl methyl sites for hydroxylation is 1. The summed E-state index contributed by atoms with van der Waals surface area (Å²) in [6, 6.07) is 4.21. The highest BCUT2D eigenvalue weighted by atomic mass is 35.5. The molecule has 0 unspecified atom stereocenters. The highest BCUT2D eigenvalue weighted by Crippen LogP contribution is 2.35. The van der Waals surface area contributed by atoms with Gasteiger partial charge in [-0.15, -0.1) is 12.4 Å². The van der Waals surface area contributed by atoms with Crippen LogP contribution in [0, 0.1) is 5.92 Å². The Morgan fingerprint density at radius 1 is 1.08 bits per heavy atom. The first-order valence-corrected chi connectivity index (χ1v) is 8.40. The molecule has 2 N–H and O–H groups in total. The smallest absolute Gasteiger partial charge is 0.137 e. The van der Waals surface area contributed by atoms with E-state index in [0.29, 0.717) is 11.8 Å². The summed E-state index contributed by atoms with van der Waals surface area (Å²) in [6.07, 6.45) is 13.2. The van der Waals surface area contributed by atoms with Crippen LogP contribution in [0.15, 0.2) is 36.9 Å². The molecule has 0 radical (unpaired) electrons. The molecular formula is C18H24ClN5. The summed E-state index contributed by atoms with van der Waals surface area (Å²) < 4.78 is 3.97. The zero-order valence-electron chi connectivity index (χ0n) is 13.9. The van der Waals surface area contributed by atoms with E-state index >= 15 is 0 Å². The fourth-order valence-corrected chi connectivity index (χ4v) is 3.64. The lowest BCUT2D eigenvalue weighted by atomic mass is 9.81. The van der Waals surface area contributed by atoms with E-state index < -0.39 is 0 Å². The van der Waals surface area contributed by atoms with Crippen molar-refractivity contribution in [3.63, 3.8) is 0 Å². The third-order valence-corrected chi connectivity index (χ3v) is 5.11. The minimum atomic E-state index is 0. The maximum absolute atomic E-state index is 5.80. The van der Waals surface area contributed by atoms with E-state index in [1.54, 1.807) is 0 Å². The third-order valence-electron chi connectivity index (χ3n) is 5.11. The minimum absolute atomic E-state index is 0. The van der Waals surface area contributed by atoms with Crippen molar-refractivity contribution < 1.29 is 0 Å². The number of hydrogen-bond acceptors (Lipinski definition) is 3. The lowest BCUT2D eigenvalue weighted by molar-refractivity contribution is 0.330. The van der Waals surface area contributed by atoms with Gasteiger partial charge in [-0.05, 0) is 50.3 Å². The molecule has 0 aliphatic heterocycles. The standard InChI is InChI=1S/C18H23N5.ClH/c1-22-10-16(9-20-22)15-6-7-18-21-17(12-23(18)11-15)14-4-2-13(8-19)3-5-14;/h6-7,9-14H,2-5,8,19H2,1H3;1H. The second-order valence-electron chi connectivity index (χ2n) is 6.71. The van der Waals surface area contributed by atoms with E-state index in [9.17, 15) is 0 Å². The lowest BCUT2D eigenvalue weighted by Gasteiger charge is -2.26. The van der Waals surface area contributed by atoms with Crippen LogP contribution < -0.4 is 5.73 Å². The van der Waals surface area contributed by atoms with Gasteiger partial charge in [0.2, 0.25) is 0 Å². The summed E-state index contributed by atoms with van der Waals surface area (Å²) in [5.41, 5.74) is 10.3. The van der Waals surface area contributed by atoms with Crippen molar-refractivity contribution in [3.8, 4) is 11.1 Å². The molecule has 4 rings (SSSR count). The van der Waals surface area contributed by atoms with Gasteiger partial charge in [0.05, 0.1) is 11.9 Å². The maximum Gasteiger partial charge on any atom is 0.137 e. The Balaban J connectivity index is 0.00000169. The van der Waals surface area contributed by atoms with Gasteiger partial charge in [0.1, 0.15) is 5.65 Å². The number of imidazole rings is 1. The highest BCUT2D eigenvalue weighted by molar-refractivity contribution is 5.85. The van der Waals surface area contributed by atoms with Crippen LogP contribution in [0.1, 0.15) is 37.3 Å². The Labute approximate surface area is 148 Å². The SMILES string of the molecule is Cl.Cn1cc(-c2ccc3nc(C4CCC(CN)CC4)cn3c2)cn1. The topological polar surface area (TPSA) is 61.1 Å². The Kier molecular flexibility index (Phi) is 4.92. The fourth-order valence-electron chi connectivity index (χ4n) is 3.64. The van der Waals surface area contributed by atoms with Crippen LogP contribution >= 0.6 is 12.4 Å². The van der Waals surface area contributed by atoms with Gasteiger partial charge in [-0.2, -0.15) is 5.10 Å². The van der Waals surface area contributed by atoms with Crippen molar-refractivity contribution >= 4 is 18.1 Å². The van der Waals surface area contributed by atoms with E-state index in [4.69, 9.17) is 10.7 Å². The first-order valence-electron chi connectivity index (χ1n) is 8.40. The average molecular weight is 346 g/mol. The number of aromatic nitrogens is 4. The van der Waals surface area contributed by atoms with Gasteiger partial charge in [0, 0.05) is 42.7 Å². The van der Waals surface area contributed by atoms with Gasteiger partial charge in [0.25, 0.3) is 0 Å². The summed E-state index contributed by atoms with van der Waals surface area (Å²) >= 11 is 0. The molecule has 3 heterocycles. The van der Waals surface area contributed by atoms with Crippen LogP contribution in [-0.4, -0.2) is 25.7 Å². The number of rotatable bonds is 3. The molecule has 0 aromatic carbocycles. The Hall–Kier alpha value is -1.85. The van der Waals surface area contributed by atoms with E-state index in [1.165, 1.54) is 36.9 Å². The van der Waals surface area contributed by atoms with Crippen molar-refractivity contribution in [1.29, 1.82) is 0 Å². The molecule has 24 heavy (non-hydrogen) atoms. The zero-order chi connectivity index (χ0) is 15.8. The van der Waals surface area contributed by atoms with Crippen molar-refractivity contribution in [2.24, 2.45) is 18.7 Å². The first kappa shape index (κ1) is 17.0. The fraction of sp³-hybridized carbons (Fsp3) is 0.444. The van der Waals surface area contributed by atoms with Crippen LogP contribution in [0.3, 0.4) is 0 Å². The molecule has 0 spiro atoms. The van der Waals surface area contributed by atoms with Crippen molar-refractivity contribution in [3.05, 3.63) is 42.6 Å².